The Morgan fingerprint density at radius 2 is 2.25 bits per heavy atom. The van der Waals surface area contributed by atoms with Crippen LogP contribution in [0.15, 0.2) is 6.33 Å². The summed E-state index contributed by atoms with van der Waals surface area (Å²) in [6, 6.07) is 0.00917. The molecule has 0 saturated carbocycles. The zero-order valence-electron chi connectivity index (χ0n) is 7.62. The number of aromatic amines is 1. The lowest BCUT2D eigenvalue weighted by Crippen LogP contribution is -2.12. The van der Waals surface area contributed by atoms with E-state index in [4.69, 9.17) is 5.73 Å². The fourth-order valence-electron chi connectivity index (χ4n) is 1.04. The summed E-state index contributed by atoms with van der Waals surface area (Å²) in [7, 11) is 0. The number of nitrogens with two attached hydrogens (primary N) is 1. The molecule has 1 unspecified atom stereocenters. The van der Waals surface area contributed by atoms with E-state index in [1.165, 1.54) is 6.33 Å². The number of nitrogens with zero attached hydrogens (tertiary/aromatic N) is 2. The molecule has 4 heteroatoms. The lowest BCUT2D eigenvalue weighted by molar-refractivity contribution is 0.495. The van der Waals surface area contributed by atoms with Crippen molar-refractivity contribution < 1.29 is 0 Å². The largest absolute Gasteiger partial charge is 0.321 e. The molecule has 0 aliphatic carbocycles. The maximum atomic E-state index is 5.85. The van der Waals surface area contributed by atoms with Crippen molar-refractivity contribution in [2.24, 2.45) is 11.7 Å². The highest BCUT2D eigenvalue weighted by Gasteiger charge is 2.08. The Bertz CT molecular complexity index is 205. The van der Waals surface area contributed by atoms with Crippen LogP contribution in [0.5, 0.6) is 0 Å². The first-order valence-corrected chi connectivity index (χ1v) is 4.31. The third-order valence-corrected chi connectivity index (χ3v) is 1.84. The summed E-state index contributed by atoms with van der Waals surface area (Å²) in [5.41, 5.74) is 5.85. The van der Waals surface area contributed by atoms with Crippen LogP contribution in [0.4, 0.5) is 0 Å². The van der Waals surface area contributed by atoms with Crippen molar-refractivity contribution in [3.8, 4) is 0 Å². The molecule has 0 radical (unpaired) electrons. The van der Waals surface area contributed by atoms with Gasteiger partial charge in [-0.1, -0.05) is 13.8 Å². The highest BCUT2D eigenvalue weighted by molar-refractivity contribution is 4.88. The van der Waals surface area contributed by atoms with E-state index < -0.39 is 0 Å². The molecule has 1 aromatic rings. The van der Waals surface area contributed by atoms with Crippen LogP contribution in [0, 0.1) is 5.92 Å². The van der Waals surface area contributed by atoms with E-state index in [0.717, 1.165) is 18.7 Å². The Kier molecular flexibility index (Phi) is 3.22. The molecular formula is C8H16N4. The monoisotopic (exact) mass is 168 g/mol. The normalized spacial score (nSPS) is 13.7. The first-order chi connectivity index (χ1) is 5.70. The van der Waals surface area contributed by atoms with Gasteiger partial charge in [0.05, 0.1) is 6.04 Å². The zero-order valence-corrected chi connectivity index (χ0v) is 7.62. The average Bonchev–Trinajstić information content (AvgIpc) is 2.51. The van der Waals surface area contributed by atoms with Gasteiger partial charge in [0.1, 0.15) is 12.2 Å². The van der Waals surface area contributed by atoms with Crippen molar-refractivity contribution in [3.05, 3.63) is 12.2 Å². The van der Waals surface area contributed by atoms with Crippen LogP contribution in [0.25, 0.3) is 0 Å². The van der Waals surface area contributed by atoms with Crippen LogP contribution in [-0.4, -0.2) is 15.2 Å². The van der Waals surface area contributed by atoms with Gasteiger partial charge in [-0.15, -0.1) is 0 Å². The summed E-state index contributed by atoms with van der Waals surface area (Å²) in [5.74, 6) is 1.48. The molecule has 0 amide bonds. The lowest BCUT2D eigenvalue weighted by Gasteiger charge is -2.09. The minimum atomic E-state index is 0.00917. The number of rotatable bonds is 4. The van der Waals surface area contributed by atoms with Crippen LogP contribution in [0.1, 0.15) is 38.6 Å². The molecule has 1 atom stereocenters. The Hall–Kier alpha value is -0.900. The molecule has 0 aromatic carbocycles. The molecule has 0 spiro atoms. The summed E-state index contributed by atoms with van der Waals surface area (Å²) < 4.78 is 0. The molecule has 68 valence electrons. The highest BCUT2D eigenvalue weighted by Crippen LogP contribution is 2.14. The molecule has 1 aromatic heterocycles. The summed E-state index contributed by atoms with van der Waals surface area (Å²) in [6.07, 6.45) is 3.58. The van der Waals surface area contributed by atoms with Gasteiger partial charge < -0.3 is 5.73 Å². The van der Waals surface area contributed by atoms with Crippen LogP contribution < -0.4 is 5.73 Å². The van der Waals surface area contributed by atoms with Gasteiger partial charge in [0.2, 0.25) is 0 Å². The second-order valence-corrected chi connectivity index (χ2v) is 3.45. The fourth-order valence-corrected chi connectivity index (χ4v) is 1.04. The van der Waals surface area contributed by atoms with Gasteiger partial charge in [0.25, 0.3) is 0 Å². The smallest absolute Gasteiger partial charge is 0.141 e. The Labute approximate surface area is 72.6 Å². The summed E-state index contributed by atoms with van der Waals surface area (Å²) in [6.45, 7) is 4.38. The Balaban J connectivity index is 2.34. The highest BCUT2D eigenvalue weighted by atomic mass is 15.2. The van der Waals surface area contributed by atoms with E-state index in [-0.39, 0.29) is 6.04 Å². The molecule has 0 saturated heterocycles. The first-order valence-electron chi connectivity index (χ1n) is 4.31. The third-order valence-electron chi connectivity index (χ3n) is 1.84. The number of nitrogens with one attached hydrogen (secondary N) is 1. The topological polar surface area (TPSA) is 67.6 Å². The molecular weight excluding hydrogens is 152 g/mol. The predicted octanol–water partition coefficient (Wildman–Crippen LogP) is 1.24. The fraction of sp³-hybridized carbons (Fsp3) is 0.750. The number of hydrogen-bond donors (Lipinski definition) is 2. The van der Waals surface area contributed by atoms with E-state index in [0.29, 0.717) is 5.92 Å². The maximum absolute atomic E-state index is 5.85. The zero-order chi connectivity index (χ0) is 8.97. The van der Waals surface area contributed by atoms with Crippen molar-refractivity contribution >= 4 is 0 Å². The van der Waals surface area contributed by atoms with Gasteiger partial charge in [-0.25, -0.2) is 4.98 Å². The third kappa shape index (κ3) is 2.62. The van der Waals surface area contributed by atoms with Crippen molar-refractivity contribution in [1.82, 2.24) is 15.2 Å². The molecule has 0 bridgehead atoms. The van der Waals surface area contributed by atoms with Crippen molar-refractivity contribution in [1.29, 1.82) is 0 Å². The molecule has 0 aliphatic heterocycles. The standard InChI is InChI=1S/C8H16N4/c1-6(2)3-4-7(9)8-10-5-11-12-8/h5-7H,3-4,9H2,1-2H3,(H,10,11,12). The van der Waals surface area contributed by atoms with Gasteiger partial charge >= 0.3 is 0 Å². The average molecular weight is 168 g/mol. The van der Waals surface area contributed by atoms with Crippen LogP contribution in [0.3, 0.4) is 0 Å². The molecule has 12 heavy (non-hydrogen) atoms. The van der Waals surface area contributed by atoms with Crippen molar-refractivity contribution in [2.45, 2.75) is 32.7 Å². The molecule has 1 heterocycles. The van der Waals surface area contributed by atoms with Crippen LogP contribution >= 0.6 is 0 Å². The summed E-state index contributed by atoms with van der Waals surface area (Å²) >= 11 is 0. The Morgan fingerprint density at radius 3 is 2.75 bits per heavy atom. The predicted molar refractivity (Wildman–Crippen MR) is 47.4 cm³/mol. The molecule has 0 fully saturated rings. The van der Waals surface area contributed by atoms with Gasteiger partial charge in [-0.05, 0) is 18.8 Å². The first kappa shape index (κ1) is 9.19. The second kappa shape index (κ2) is 4.21. The van der Waals surface area contributed by atoms with Crippen molar-refractivity contribution in [3.63, 3.8) is 0 Å². The van der Waals surface area contributed by atoms with E-state index in [1.807, 2.05) is 0 Å². The molecule has 0 aliphatic rings. The molecule has 1 rings (SSSR count). The van der Waals surface area contributed by atoms with Gasteiger partial charge in [-0.2, -0.15) is 5.10 Å². The minimum absolute atomic E-state index is 0.00917. The molecule has 3 N–H and O–H groups in total. The van der Waals surface area contributed by atoms with E-state index >= 15 is 0 Å². The summed E-state index contributed by atoms with van der Waals surface area (Å²) in [5, 5.41) is 6.53. The maximum Gasteiger partial charge on any atom is 0.141 e. The van der Waals surface area contributed by atoms with Crippen LogP contribution in [0.2, 0.25) is 0 Å². The summed E-state index contributed by atoms with van der Waals surface area (Å²) in [4.78, 5) is 4.00. The van der Waals surface area contributed by atoms with E-state index in [9.17, 15) is 0 Å². The van der Waals surface area contributed by atoms with E-state index in [2.05, 4.69) is 29.0 Å². The molecule has 4 nitrogen and oxygen atoms in total. The quantitative estimate of drug-likeness (QED) is 0.710. The minimum Gasteiger partial charge on any atom is -0.321 e. The lowest BCUT2D eigenvalue weighted by atomic mass is 10.0. The number of H-pyrrole nitrogens is 1. The second-order valence-electron chi connectivity index (χ2n) is 3.45. The van der Waals surface area contributed by atoms with Gasteiger partial charge in [0, 0.05) is 0 Å². The number of aromatic nitrogens is 3. The SMILES string of the molecule is CC(C)CCC(N)c1ncn[nH]1. The Morgan fingerprint density at radius 1 is 1.50 bits per heavy atom. The van der Waals surface area contributed by atoms with E-state index in [1.54, 1.807) is 0 Å². The van der Waals surface area contributed by atoms with Crippen molar-refractivity contribution in [2.75, 3.05) is 0 Å². The van der Waals surface area contributed by atoms with Crippen LogP contribution in [-0.2, 0) is 0 Å². The van der Waals surface area contributed by atoms with Gasteiger partial charge in [0.15, 0.2) is 0 Å². The number of hydrogen-bond acceptors (Lipinski definition) is 3. The van der Waals surface area contributed by atoms with Gasteiger partial charge in [-0.3, -0.25) is 5.10 Å².